The second kappa shape index (κ2) is 10.2. The topological polar surface area (TPSA) is 89.4 Å². The van der Waals surface area contributed by atoms with E-state index in [1.54, 1.807) is 0 Å². The number of hydrazine groups is 1. The van der Waals surface area contributed by atoms with Crippen molar-refractivity contribution in [1.82, 2.24) is 25.3 Å². The zero-order valence-corrected chi connectivity index (χ0v) is 18.7. The number of nitrogens with one attached hydrogen (secondary N) is 2. The summed E-state index contributed by atoms with van der Waals surface area (Å²) < 4.78 is 0. The van der Waals surface area contributed by atoms with E-state index in [9.17, 15) is 5.11 Å². The normalized spacial score (nSPS) is 19.2. The van der Waals surface area contributed by atoms with Gasteiger partial charge in [0.1, 0.15) is 17.8 Å². The molecular weight excluding hydrogens is 390 g/mol. The number of phenols is 1. The number of aromatic hydroxyl groups is 1. The number of para-hydroxylation sites is 1. The van der Waals surface area contributed by atoms with E-state index >= 15 is 0 Å². The van der Waals surface area contributed by atoms with E-state index in [4.69, 9.17) is 0 Å². The molecule has 2 fully saturated rings. The van der Waals surface area contributed by atoms with Crippen molar-refractivity contribution in [3.63, 3.8) is 0 Å². The lowest BCUT2D eigenvalue weighted by Gasteiger charge is -2.34. The SMILES string of the molecule is Cc1ncnc(N(NC2CCN(C)CC2)c2cccc(NC3CCCCCC3)c2O)n1. The molecule has 0 bridgehead atoms. The van der Waals surface area contributed by atoms with E-state index in [0.717, 1.165) is 44.5 Å². The van der Waals surface area contributed by atoms with Crippen LogP contribution in [-0.4, -0.2) is 57.2 Å². The zero-order chi connectivity index (χ0) is 21.6. The third-order valence-corrected chi connectivity index (χ3v) is 6.38. The summed E-state index contributed by atoms with van der Waals surface area (Å²) in [6.45, 7) is 3.93. The second-order valence-electron chi connectivity index (χ2n) is 8.88. The maximum atomic E-state index is 11.2. The van der Waals surface area contributed by atoms with Gasteiger partial charge in [0.2, 0.25) is 5.95 Å². The van der Waals surface area contributed by atoms with Crippen molar-refractivity contribution in [2.75, 3.05) is 30.5 Å². The number of hydrogen-bond donors (Lipinski definition) is 3. The lowest BCUT2D eigenvalue weighted by molar-refractivity contribution is 0.235. The lowest BCUT2D eigenvalue weighted by atomic mass is 10.1. The molecule has 3 N–H and O–H groups in total. The Labute approximate surface area is 185 Å². The highest BCUT2D eigenvalue weighted by Crippen LogP contribution is 2.38. The number of likely N-dealkylation sites (tertiary alicyclic amines) is 1. The molecule has 0 atom stereocenters. The monoisotopic (exact) mass is 425 g/mol. The first-order valence-corrected chi connectivity index (χ1v) is 11.6. The van der Waals surface area contributed by atoms with Crippen LogP contribution in [0.15, 0.2) is 24.5 Å². The van der Waals surface area contributed by atoms with Crippen molar-refractivity contribution >= 4 is 17.3 Å². The molecule has 2 aliphatic rings. The molecule has 2 heterocycles. The van der Waals surface area contributed by atoms with E-state index in [1.807, 2.05) is 30.1 Å². The van der Waals surface area contributed by atoms with Gasteiger partial charge in [0, 0.05) is 12.1 Å². The van der Waals surface area contributed by atoms with Gasteiger partial charge < -0.3 is 15.3 Å². The highest BCUT2D eigenvalue weighted by Gasteiger charge is 2.25. The molecule has 4 rings (SSSR count). The Kier molecular flexibility index (Phi) is 7.19. The molecule has 0 unspecified atom stereocenters. The highest BCUT2D eigenvalue weighted by atomic mass is 16.3. The third kappa shape index (κ3) is 5.62. The average molecular weight is 426 g/mol. The number of benzene rings is 1. The third-order valence-electron chi connectivity index (χ3n) is 6.38. The summed E-state index contributed by atoms with van der Waals surface area (Å²) in [5, 5.41) is 16.7. The molecular formula is C23H35N7O. The van der Waals surface area contributed by atoms with Crippen LogP contribution in [0.4, 0.5) is 17.3 Å². The summed E-state index contributed by atoms with van der Waals surface area (Å²) in [7, 11) is 2.15. The summed E-state index contributed by atoms with van der Waals surface area (Å²) >= 11 is 0. The average Bonchev–Trinajstić information content (AvgIpc) is 3.04. The van der Waals surface area contributed by atoms with Crippen LogP contribution in [0.1, 0.15) is 57.2 Å². The second-order valence-corrected chi connectivity index (χ2v) is 8.88. The summed E-state index contributed by atoms with van der Waals surface area (Å²) in [6.07, 6.45) is 11.0. The van der Waals surface area contributed by atoms with Gasteiger partial charge in [-0.2, -0.15) is 9.97 Å². The summed E-state index contributed by atoms with van der Waals surface area (Å²) in [5.41, 5.74) is 5.01. The van der Waals surface area contributed by atoms with Gasteiger partial charge in [0.25, 0.3) is 0 Å². The molecule has 8 nitrogen and oxygen atoms in total. The van der Waals surface area contributed by atoms with Crippen molar-refractivity contribution in [2.24, 2.45) is 0 Å². The van der Waals surface area contributed by atoms with Gasteiger partial charge in [-0.1, -0.05) is 31.7 Å². The van der Waals surface area contributed by atoms with Crippen LogP contribution >= 0.6 is 0 Å². The van der Waals surface area contributed by atoms with Crippen LogP contribution in [0.25, 0.3) is 0 Å². The molecule has 0 spiro atoms. The fraction of sp³-hybridized carbons (Fsp3) is 0.609. The van der Waals surface area contributed by atoms with E-state index in [2.05, 4.69) is 37.6 Å². The number of aromatic nitrogens is 3. The largest absolute Gasteiger partial charge is 0.504 e. The standard InChI is InChI=1S/C23H35N7O/c1-17-24-16-25-23(26-17)30(28-19-12-14-29(2)15-13-19)21-11-7-10-20(22(21)31)27-18-8-5-3-4-6-9-18/h7,10-11,16,18-19,27-28,31H,3-6,8-9,12-15H2,1-2H3. The fourth-order valence-corrected chi connectivity index (χ4v) is 4.50. The summed E-state index contributed by atoms with van der Waals surface area (Å²) in [5.74, 6) is 1.37. The van der Waals surface area contributed by atoms with Crippen LogP contribution in [0.5, 0.6) is 5.75 Å². The molecule has 1 aliphatic heterocycles. The molecule has 31 heavy (non-hydrogen) atoms. The van der Waals surface area contributed by atoms with Crippen LogP contribution in [0, 0.1) is 6.92 Å². The summed E-state index contributed by atoms with van der Waals surface area (Å²) in [6, 6.07) is 6.53. The van der Waals surface area contributed by atoms with Gasteiger partial charge in [-0.3, -0.25) is 0 Å². The molecule has 1 aliphatic carbocycles. The Morgan fingerprint density at radius 1 is 1.00 bits per heavy atom. The number of hydrogen-bond acceptors (Lipinski definition) is 8. The molecule has 0 amide bonds. The van der Waals surface area contributed by atoms with E-state index in [0.29, 0.717) is 23.5 Å². The molecule has 168 valence electrons. The van der Waals surface area contributed by atoms with Crippen LogP contribution < -0.4 is 15.8 Å². The van der Waals surface area contributed by atoms with E-state index < -0.39 is 0 Å². The minimum Gasteiger partial charge on any atom is -0.504 e. The molecule has 1 aromatic heterocycles. The first-order valence-electron chi connectivity index (χ1n) is 11.6. The Bertz CT molecular complexity index is 846. The fourth-order valence-electron chi connectivity index (χ4n) is 4.50. The number of nitrogens with zero attached hydrogens (tertiary/aromatic N) is 5. The van der Waals surface area contributed by atoms with Crippen LogP contribution in [-0.2, 0) is 0 Å². The van der Waals surface area contributed by atoms with E-state index in [1.165, 1.54) is 32.0 Å². The number of anilines is 3. The van der Waals surface area contributed by atoms with Crippen molar-refractivity contribution in [1.29, 1.82) is 0 Å². The first kappa shape index (κ1) is 21.8. The van der Waals surface area contributed by atoms with Crippen molar-refractivity contribution in [3.8, 4) is 5.75 Å². The minimum atomic E-state index is 0.227. The quantitative estimate of drug-likeness (QED) is 0.366. The Hall–Kier alpha value is -2.45. The number of piperidine rings is 1. The summed E-state index contributed by atoms with van der Waals surface area (Å²) in [4.78, 5) is 15.4. The van der Waals surface area contributed by atoms with Gasteiger partial charge in [-0.15, -0.1) is 0 Å². The van der Waals surface area contributed by atoms with Gasteiger partial charge in [-0.05, 0) is 64.9 Å². The molecule has 1 saturated carbocycles. The van der Waals surface area contributed by atoms with Crippen LogP contribution in [0.3, 0.4) is 0 Å². The molecule has 8 heteroatoms. The van der Waals surface area contributed by atoms with E-state index in [-0.39, 0.29) is 11.8 Å². The Morgan fingerprint density at radius 2 is 1.74 bits per heavy atom. The van der Waals surface area contributed by atoms with Gasteiger partial charge in [-0.25, -0.2) is 15.4 Å². The number of aryl methyl sites for hydroxylation is 1. The molecule has 2 aromatic rings. The highest BCUT2D eigenvalue weighted by molar-refractivity contribution is 5.74. The predicted octanol–water partition coefficient (Wildman–Crippen LogP) is 3.76. The van der Waals surface area contributed by atoms with Crippen molar-refractivity contribution in [3.05, 3.63) is 30.4 Å². The number of rotatable bonds is 6. The lowest BCUT2D eigenvalue weighted by Crippen LogP contribution is -2.48. The molecule has 1 saturated heterocycles. The maximum absolute atomic E-state index is 11.2. The smallest absolute Gasteiger partial charge is 0.248 e. The molecule has 1 aromatic carbocycles. The minimum absolute atomic E-state index is 0.227. The Balaban J connectivity index is 1.61. The first-order chi connectivity index (χ1) is 15.1. The van der Waals surface area contributed by atoms with Crippen molar-refractivity contribution in [2.45, 2.75) is 70.4 Å². The zero-order valence-electron chi connectivity index (χ0n) is 18.7. The van der Waals surface area contributed by atoms with Gasteiger partial charge >= 0.3 is 0 Å². The molecule has 0 radical (unpaired) electrons. The van der Waals surface area contributed by atoms with Crippen LogP contribution in [0.2, 0.25) is 0 Å². The number of phenolic OH excluding ortho intramolecular Hbond substituents is 1. The van der Waals surface area contributed by atoms with Gasteiger partial charge in [0.05, 0.1) is 5.69 Å². The predicted molar refractivity (Wildman–Crippen MR) is 124 cm³/mol. The Morgan fingerprint density at radius 3 is 2.45 bits per heavy atom. The van der Waals surface area contributed by atoms with Crippen molar-refractivity contribution < 1.29 is 5.11 Å². The van der Waals surface area contributed by atoms with Gasteiger partial charge in [0.15, 0.2) is 5.75 Å². The maximum Gasteiger partial charge on any atom is 0.248 e.